The van der Waals surface area contributed by atoms with Gasteiger partial charge < -0.3 is 5.32 Å². The molecule has 0 aromatic rings. The van der Waals surface area contributed by atoms with Crippen molar-refractivity contribution in [2.45, 2.75) is 20.8 Å². The summed E-state index contributed by atoms with van der Waals surface area (Å²) in [4.78, 5) is 0. The second-order valence-electron chi connectivity index (χ2n) is 3.31. The SMILES string of the molecule is CC(C)CNCC(C)CCl. The fraction of sp³-hybridized carbons (Fsp3) is 1.00. The zero-order valence-corrected chi connectivity index (χ0v) is 7.91. The van der Waals surface area contributed by atoms with Gasteiger partial charge in [0, 0.05) is 5.88 Å². The van der Waals surface area contributed by atoms with Gasteiger partial charge in [0.05, 0.1) is 0 Å². The van der Waals surface area contributed by atoms with Crippen molar-refractivity contribution < 1.29 is 0 Å². The highest BCUT2D eigenvalue weighted by molar-refractivity contribution is 6.18. The Labute approximate surface area is 69.1 Å². The molecule has 0 bridgehead atoms. The topological polar surface area (TPSA) is 12.0 Å². The number of halogens is 1. The van der Waals surface area contributed by atoms with Crippen LogP contribution in [0.4, 0.5) is 0 Å². The Morgan fingerprint density at radius 3 is 2.20 bits per heavy atom. The molecular formula is C8H18ClN. The lowest BCUT2D eigenvalue weighted by molar-refractivity contribution is 0.500. The van der Waals surface area contributed by atoms with E-state index in [0.717, 1.165) is 24.9 Å². The highest BCUT2D eigenvalue weighted by atomic mass is 35.5. The molecule has 0 aliphatic carbocycles. The Hall–Kier alpha value is 0.250. The van der Waals surface area contributed by atoms with E-state index in [1.54, 1.807) is 0 Å². The average molecular weight is 164 g/mol. The van der Waals surface area contributed by atoms with Crippen LogP contribution in [0, 0.1) is 11.8 Å². The molecule has 0 aliphatic heterocycles. The van der Waals surface area contributed by atoms with Crippen molar-refractivity contribution in [3.8, 4) is 0 Å². The van der Waals surface area contributed by atoms with Crippen LogP contribution in [0.1, 0.15) is 20.8 Å². The minimum Gasteiger partial charge on any atom is -0.316 e. The Morgan fingerprint density at radius 1 is 1.20 bits per heavy atom. The highest BCUT2D eigenvalue weighted by Gasteiger charge is 1.98. The van der Waals surface area contributed by atoms with Crippen LogP contribution < -0.4 is 5.32 Å². The molecular weight excluding hydrogens is 146 g/mol. The summed E-state index contributed by atoms with van der Waals surface area (Å²) in [6, 6.07) is 0. The Bertz CT molecular complexity index is 73.7. The maximum atomic E-state index is 5.63. The number of rotatable bonds is 5. The first kappa shape index (κ1) is 10.2. The Morgan fingerprint density at radius 2 is 1.80 bits per heavy atom. The summed E-state index contributed by atoms with van der Waals surface area (Å²) >= 11 is 5.63. The van der Waals surface area contributed by atoms with Crippen LogP contribution in [-0.2, 0) is 0 Å². The summed E-state index contributed by atoms with van der Waals surface area (Å²) in [6.45, 7) is 8.71. The Kier molecular flexibility index (Phi) is 6.14. The molecule has 0 spiro atoms. The van der Waals surface area contributed by atoms with Gasteiger partial charge in [-0.15, -0.1) is 11.6 Å². The molecule has 0 amide bonds. The van der Waals surface area contributed by atoms with Crippen LogP contribution in [0.15, 0.2) is 0 Å². The van der Waals surface area contributed by atoms with Crippen molar-refractivity contribution in [3.05, 3.63) is 0 Å². The van der Waals surface area contributed by atoms with E-state index in [9.17, 15) is 0 Å². The summed E-state index contributed by atoms with van der Waals surface area (Å²) in [6.07, 6.45) is 0. The number of hydrogen-bond donors (Lipinski definition) is 1. The molecule has 0 aromatic heterocycles. The van der Waals surface area contributed by atoms with Crippen molar-refractivity contribution in [1.29, 1.82) is 0 Å². The van der Waals surface area contributed by atoms with Crippen LogP contribution in [-0.4, -0.2) is 19.0 Å². The van der Waals surface area contributed by atoms with Gasteiger partial charge in [-0.2, -0.15) is 0 Å². The monoisotopic (exact) mass is 163 g/mol. The fourth-order valence-electron chi connectivity index (χ4n) is 0.673. The van der Waals surface area contributed by atoms with Crippen molar-refractivity contribution in [1.82, 2.24) is 5.32 Å². The van der Waals surface area contributed by atoms with E-state index >= 15 is 0 Å². The molecule has 0 aromatic carbocycles. The van der Waals surface area contributed by atoms with Crippen molar-refractivity contribution >= 4 is 11.6 Å². The fourth-order valence-corrected chi connectivity index (χ4v) is 0.782. The first-order chi connectivity index (χ1) is 4.66. The zero-order valence-electron chi connectivity index (χ0n) is 7.15. The number of alkyl halides is 1. The predicted molar refractivity (Wildman–Crippen MR) is 47.6 cm³/mol. The lowest BCUT2D eigenvalue weighted by Gasteiger charge is -2.10. The van der Waals surface area contributed by atoms with E-state index in [1.807, 2.05) is 0 Å². The van der Waals surface area contributed by atoms with Gasteiger partial charge in [0.25, 0.3) is 0 Å². The van der Waals surface area contributed by atoms with E-state index in [4.69, 9.17) is 11.6 Å². The van der Waals surface area contributed by atoms with Crippen molar-refractivity contribution in [2.75, 3.05) is 19.0 Å². The molecule has 62 valence electrons. The van der Waals surface area contributed by atoms with Crippen molar-refractivity contribution in [3.63, 3.8) is 0 Å². The maximum absolute atomic E-state index is 5.63. The van der Waals surface area contributed by atoms with Gasteiger partial charge in [-0.1, -0.05) is 20.8 Å². The first-order valence-corrected chi connectivity index (χ1v) is 4.47. The molecule has 0 saturated carbocycles. The van der Waals surface area contributed by atoms with E-state index in [-0.39, 0.29) is 0 Å². The van der Waals surface area contributed by atoms with E-state index < -0.39 is 0 Å². The van der Waals surface area contributed by atoms with Crippen LogP contribution in [0.25, 0.3) is 0 Å². The van der Waals surface area contributed by atoms with Gasteiger partial charge in [0.2, 0.25) is 0 Å². The zero-order chi connectivity index (χ0) is 7.98. The summed E-state index contributed by atoms with van der Waals surface area (Å²) in [7, 11) is 0. The van der Waals surface area contributed by atoms with Crippen LogP contribution in [0.5, 0.6) is 0 Å². The van der Waals surface area contributed by atoms with Crippen molar-refractivity contribution in [2.24, 2.45) is 11.8 Å². The minimum atomic E-state index is 0.598. The minimum absolute atomic E-state index is 0.598. The second-order valence-corrected chi connectivity index (χ2v) is 3.62. The van der Waals surface area contributed by atoms with Gasteiger partial charge in [-0.05, 0) is 24.9 Å². The number of nitrogens with one attached hydrogen (secondary N) is 1. The molecule has 10 heavy (non-hydrogen) atoms. The van der Waals surface area contributed by atoms with Crippen LogP contribution >= 0.6 is 11.6 Å². The third-order valence-electron chi connectivity index (χ3n) is 1.31. The highest BCUT2D eigenvalue weighted by Crippen LogP contribution is 1.95. The molecule has 1 atom stereocenters. The lowest BCUT2D eigenvalue weighted by Crippen LogP contribution is -2.25. The molecule has 0 aliphatic rings. The molecule has 2 heteroatoms. The number of hydrogen-bond acceptors (Lipinski definition) is 1. The molecule has 1 nitrogen and oxygen atoms in total. The summed E-state index contributed by atoms with van der Waals surface area (Å²) in [5, 5.41) is 3.35. The Balaban J connectivity index is 3.03. The smallest absolute Gasteiger partial charge is 0.0261 e. The summed E-state index contributed by atoms with van der Waals surface area (Å²) in [5.41, 5.74) is 0. The molecule has 1 N–H and O–H groups in total. The molecule has 0 radical (unpaired) electrons. The van der Waals surface area contributed by atoms with Gasteiger partial charge >= 0.3 is 0 Å². The third kappa shape index (κ3) is 6.37. The normalized spacial score (nSPS) is 14.1. The van der Waals surface area contributed by atoms with Gasteiger partial charge in [-0.25, -0.2) is 0 Å². The van der Waals surface area contributed by atoms with E-state index in [1.165, 1.54) is 0 Å². The van der Waals surface area contributed by atoms with Gasteiger partial charge in [0.15, 0.2) is 0 Å². The first-order valence-electron chi connectivity index (χ1n) is 3.93. The summed E-state index contributed by atoms with van der Waals surface area (Å²) < 4.78 is 0. The van der Waals surface area contributed by atoms with Crippen LogP contribution in [0.3, 0.4) is 0 Å². The lowest BCUT2D eigenvalue weighted by atomic mass is 10.2. The maximum Gasteiger partial charge on any atom is 0.0261 e. The summed E-state index contributed by atoms with van der Waals surface area (Å²) in [5.74, 6) is 2.09. The molecule has 0 saturated heterocycles. The molecule has 0 heterocycles. The molecule has 0 fully saturated rings. The van der Waals surface area contributed by atoms with Gasteiger partial charge in [0.1, 0.15) is 0 Å². The van der Waals surface area contributed by atoms with E-state index in [2.05, 4.69) is 26.1 Å². The quantitative estimate of drug-likeness (QED) is 0.613. The third-order valence-corrected chi connectivity index (χ3v) is 1.84. The van der Waals surface area contributed by atoms with E-state index in [0.29, 0.717) is 5.92 Å². The van der Waals surface area contributed by atoms with Gasteiger partial charge in [-0.3, -0.25) is 0 Å². The molecule has 1 unspecified atom stereocenters. The molecule has 0 rings (SSSR count). The second kappa shape index (κ2) is 5.99. The largest absolute Gasteiger partial charge is 0.316 e. The average Bonchev–Trinajstić information content (AvgIpc) is 1.87. The standard InChI is InChI=1S/C8H18ClN/c1-7(2)5-10-6-8(3)4-9/h7-8,10H,4-6H2,1-3H3. The van der Waals surface area contributed by atoms with Crippen LogP contribution in [0.2, 0.25) is 0 Å². The predicted octanol–water partition coefficient (Wildman–Crippen LogP) is 2.11.